The molecule has 0 aliphatic carbocycles. The van der Waals surface area contributed by atoms with Gasteiger partial charge in [0.05, 0.1) is 42.7 Å². The van der Waals surface area contributed by atoms with E-state index in [1.807, 2.05) is 18.2 Å². The number of hydrogen-bond acceptors (Lipinski definition) is 7. The summed E-state index contributed by atoms with van der Waals surface area (Å²) in [7, 11) is 10.3. The van der Waals surface area contributed by atoms with Crippen LogP contribution in [0.1, 0.15) is 229 Å². The molecule has 0 unspecified atom stereocenters. The van der Waals surface area contributed by atoms with E-state index in [1.165, 1.54) is 145 Å². The molecule has 0 atom stereocenters. The van der Waals surface area contributed by atoms with E-state index in [4.69, 9.17) is 28.4 Å². The predicted molar refractivity (Wildman–Crippen MR) is 549 cm³/mol. The van der Waals surface area contributed by atoms with Gasteiger partial charge in [0.2, 0.25) is 0 Å². The van der Waals surface area contributed by atoms with E-state index in [2.05, 4.69) is 424 Å². The Morgan fingerprint density at radius 3 is 0.633 bits per heavy atom. The molecular formula is C121H142O7. The maximum Gasteiger partial charge on any atom is 0.134 e. The Hall–Kier alpha value is -12.5. The summed E-state index contributed by atoms with van der Waals surface area (Å²) in [6.45, 7) is 47.4. The third kappa shape index (κ3) is 29.6. The number of ether oxygens (including phenoxy) is 6. The average molecular weight is 1710 g/mol. The Balaban J connectivity index is 0.000000185. The van der Waals surface area contributed by atoms with E-state index in [9.17, 15) is 4.79 Å². The third-order valence-electron chi connectivity index (χ3n) is 23.0. The van der Waals surface area contributed by atoms with Crippen molar-refractivity contribution in [3.05, 3.63) is 381 Å². The van der Waals surface area contributed by atoms with Gasteiger partial charge in [0.25, 0.3) is 0 Å². The van der Waals surface area contributed by atoms with Gasteiger partial charge in [-0.2, -0.15) is 0 Å². The highest BCUT2D eigenvalue weighted by atomic mass is 16.5. The molecule has 7 heteroatoms. The summed E-state index contributed by atoms with van der Waals surface area (Å²) < 4.78 is 32.8. The van der Waals surface area contributed by atoms with Crippen LogP contribution >= 0.6 is 0 Å². The predicted octanol–water partition coefficient (Wildman–Crippen LogP) is 33.7. The number of ketones is 1. The lowest BCUT2D eigenvalue weighted by molar-refractivity contribution is -0.116. The maximum atomic E-state index is 11.3. The Morgan fingerprint density at radius 1 is 0.211 bits per heavy atom. The largest absolute Gasteiger partial charge is 0.496 e. The summed E-state index contributed by atoms with van der Waals surface area (Å²) >= 11 is 0. The molecular weight excluding hydrogens is 1570 g/mol. The number of hydrogen-bond donors (Lipinski definition) is 0. The van der Waals surface area contributed by atoms with Crippen molar-refractivity contribution in [2.24, 2.45) is 0 Å². The van der Waals surface area contributed by atoms with E-state index in [0.29, 0.717) is 47.8 Å². The van der Waals surface area contributed by atoms with Gasteiger partial charge >= 0.3 is 0 Å². The van der Waals surface area contributed by atoms with E-state index in [-0.39, 0.29) is 5.78 Å². The fourth-order valence-electron chi connectivity index (χ4n) is 14.9. The second-order valence-corrected chi connectivity index (χ2v) is 35.7. The summed E-state index contributed by atoms with van der Waals surface area (Å²) in [6, 6.07) is 105. The Kier molecular flexibility index (Phi) is 39.1. The molecule has 0 amide bonds. The van der Waals surface area contributed by atoms with Crippen molar-refractivity contribution in [3.63, 3.8) is 0 Å². The molecule has 0 aliphatic rings. The van der Waals surface area contributed by atoms with Crippen LogP contribution in [-0.2, 0) is 11.2 Å². The SMILES string of the molecule is COc1ccc(C(C)C)cc1-c1ccc(C)cc1.COc1ccc(C(C)C)cc1-c1ccc(C)cc1.COc1ccc(C(C)C)cc1-c1ccc(C)cc1.COc1ccc(C(C)C)cc1-c1cccc(C)c1.COc1ccc(C(C)C)cc1-c1cccc(C)c1.COc1ccc(C(C)C)cc1-c1cccc(CC(C)=O)c1.Cc1cccc(-c2cc(C(C)C)ccc2C)c1. The van der Waals surface area contributed by atoms with Gasteiger partial charge in [0.1, 0.15) is 40.3 Å². The van der Waals surface area contributed by atoms with E-state index in [1.54, 1.807) is 49.6 Å². The van der Waals surface area contributed by atoms with Crippen molar-refractivity contribution in [1.29, 1.82) is 0 Å². The van der Waals surface area contributed by atoms with Gasteiger partial charge < -0.3 is 28.4 Å². The lowest BCUT2D eigenvalue weighted by Crippen LogP contribution is -1.97. The highest BCUT2D eigenvalue weighted by Crippen LogP contribution is 2.41. The molecule has 0 fully saturated rings. The number of carbonyl (C=O) groups is 1. The second-order valence-electron chi connectivity index (χ2n) is 35.7. The first kappa shape index (κ1) is 101. The van der Waals surface area contributed by atoms with Crippen LogP contribution in [0.5, 0.6) is 34.5 Å². The minimum absolute atomic E-state index is 0.176. The van der Waals surface area contributed by atoms with Crippen LogP contribution in [-0.4, -0.2) is 48.4 Å². The van der Waals surface area contributed by atoms with Gasteiger partial charge in [-0.15, -0.1) is 0 Å². The van der Waals surface area contributed by atoms with Gasteiger partial charge in [0, 0.05) is 39.8 Å². The molecule has 14 aromatic carbocycles. The minimum Gasteiger partial charge on any atom is -0.496 e. The highest BCUT2D eigenvalue weighted by molar-refractivity contribution is 5.81. The molecule has 0 radical (unpaired) electrons. The summed E-state index contributed by atoms with van der Waals surface area (Å²) in [5.74, 6) is 9.40. The third-order valence-corrected chi connectivity index (χ3v) is 23.0. The molecule has 668 valence electrons. The quantitative estimate of drug-likeness (QED) is 0.0669. The van der Waals surface area contributed by atoms with Crippen LogP contribution in [0, 0.1) is 48.5 Å². The molecule has 0 aliphatic heterocycles. The molecule has 14 rings (SSSR count). The van der Waals surface area contributed by atoms with Crippen molar-refractivity contribution < 1.29 is 33.2 Å². The molecule has 128 heavy (non-hydrogen) atoms. The molecule has 0 bridgehead atoms. The molecule has 0 aromatic heterocycles. The Bertz CT molecular complexity index is 5490. The van der Waals surface area contributed by atoms with Crippen molar-refractivity contribution in [3.8, 4) is 112 Å². The van der Waals surface area contributed by atoms with E-state index >= 15 is 0 Å². The van der Waals surface area contributed by atoms with Crippen molar-refractivity contribution >= 4 is 5.78 Å². The van der Waals surface area contributed by atoms with Crippen molar-refractivity contribution in [1.82, 2.24) is 0 Å². The molecule has 0 N–H and O–H groups in total. The fourth-order valence-corrected chi connectivity index (χ4v) is 14.9. The molecule has 0 saturated heterocycles. The Morgan fingerprint density at radius 2 is 0.414 bits per heavy atom. The normalized spacial score (nSPS) is 10.7. The number of rotatable bonds is 22. The van der Waals surface area contributed by atoms with Gasteiger partial charge in [0.15, 0.2) is 0 Å². The van der Waals surface area contributed by atoms with Crippen LogP contribution in [0.15, 0.2) is 297 Å². The van der Waals surface area contributed by atoms with Crippen LogP contribution in [0.4, 0.5) is 0 Å². The number of carbonyl (C=O) groups excluding carboxylic acids is 1. The van der Waals surface area contributed by atoms with Gasteiger partial charge in [-0.05, 0) is 264 Å². The number of benzene rings is 14. The second kappa shape index (κ2) is 49.6. The average Bonchev–Trinajstić information content (AvgIpc) is 0.791. The molecule has 0 spiro atoms. The summed E-state index contributed by atoms with van der Waals surface area (Å²) in [5, 5.41) is 0. The van der Waals surface area contributed by atoms with Crippen molar-refractivity contribution in [2.75, 3.05) is 42.7 Å². The molecule has 0 heterocycles. The zero-order chi connectivity index (χ0) is 93.4. The molecule has 14 aromatic rings. The number of Topliss-reactive ketones (excluding diaryl/α,β-unsaturated/α-hetero) is 1. The van der Waals surface area contributed by atoms with Crippen LogP contribution in [0.25, 0.3) is 77.9 Å². The summed E-state index contributed by atoms with van der Waals surface area (Å²) in [4.78, 5) is 11.3. The smallest absolute Gasteiger partial charge is 0.134 e. The number of methoxy groups -OCH3 is 6. The maximum absolute atomic E-state index is 11.3. The molecule has 0 saturated carbocycles. The number of aryl methyl sites for hydroxylation is 7. The van der Waals surface area contributed by atoms with Crippen LogP contribution in [0.2, 0.25) is 0 Å². The topological polar surface area (TPSA) is 72.5 Å². The van der Waals surface area contributed by atoms with Crippen LogP contribution in [0.3, 0.4) is 0 Å². The van der Waals surface area contributed by atoms with Gasteiger partial charge in [-0.25, -0.2) is 0 Å². The first-order chi connectivity index (χ1) is 61.1. The van der Waals surface area contributed by atoms with Crippen LogP contribution < -0.4 is 28.4 Å². The lowest BCUT2D eigenvalue weighted by atomic mass is 9.93. The monoisotopic (exact) mass is 1710 g/mol. The van der Waals surface area contributed by atoms with E-state index in [0.717, 1.165) is 51.2 Å². The fraction of sp³-hybridized carbons (Fsp3) is 0.298. The summed E-state index contributed by atoms with van der Waals surface area (Å²) in [5.41, 5.74) is 36.2. The summed E-state index contributed by atoms with van der Waals surface area (Å²) in [6.07, 6.45) is 0.472. The van der Waals surface area contributed by atoms with Gasteiger partial charge in [-0.1, -0.05) is 355 Å². The molecule has 7 nitrogen and oxygen atoms in total. The van der Waals surface area contributed by atoms with Crippen molar-refractivity contribution in [2.45, 2.75) is 200 Å². The Labute approximate surface area is 770 Å². The highest BCUT2D eigenvalue weighted by Gasteiger charge is 2.17. The lowest BCUT2D eigenvalue weighted by Gasteiger charge is -2.13. The van der Waals surface area contributed by atoms with E-state index < -0.39 is 0 Å². The first-order valence-corrected chi connectivity index (χ1v) is 45.4. The standard InChI is InChI=1S/C19H22O2.5C17H20O.C17H20/c1-13(2)16-8-9-19(21-4)18(12-16)17-7-5-6-15(11-17)10-14(3)20;3*1-12(2)15-9-10-17(18-4)16(11-15)14-7-5-13(3)6-8-14;2*1-12(2)14-8-9-17(18-4)16(11-14)15-7-5-6-13(3)10-15;1-12(2)15-9-8-14(4)17(11-15)16-7-5-6-13(3)10-16/h5-9,11-13H,10H2,1-4H3;5*5-12H,1-4H3;5-12H,1-4H3. The first-order valence-electron chi connectivity index (χ1n) is 45.4. The zero-order valence-corrected chi connectivity index (χ0v) is 81.9. The minimum atomic E-state index is 0.176. The zero-order valence-electron chi connectivity index (χ0n) is 81.9. The van der Waals surface area contributed by atoms with Gasteiger partial charge in [-0.3, -0.25) is 4.79 Å².